The summed E-state index contributed by atoms with van der Waals surface area (Å²) in [5, 5.41) is 4.54. The van der Waals surface area contributed by atoms with Crippen molar-refractivity contribution in [1.29, 1.82) is 0 Å². The van der Waals surface area contributed by atoms with Crippen LogP contribution in [-0.4, -0.2) is 15.5 Å². The van der Waals surface area contributed by atoms with Gasteiger partial charge >= 0.3 is 0 Å². The lowest BCUT2D eigenvalue weighted by Gasteiger charge is -2.09. The van der Waals surface area contributed by atoms with Crippen LogP contribution < -0.4 is 0 Å². The van der Waals surface area contributed by atoms with Gasteiger partial charge in [0, 0.05) is 12.3 Å². The summed E-state index contributed by atoms with van der Waals surface area (Å²) in [4.78, 5) is 0. The lowest BCUT2D eigenvalue weighted by atomic mass is 10.1. The fraction of sp³-hybridized carbons (Fsp3) is 0.769. The molecule has 96 valence electrons. The van der Waals surface area contributed by atoms with E-state index in [9.17, 15) is 0 Å². The van der Waals surface area contributed by atoms with Gasteiger partial charge in [-0.05, 0) is 54.3 Å². The van der Waals surface area contributed by atoms with Gasteiger partial charge in [0.1, 0.15) is 0 Å². The molecule has 0 bridgehead atoms. The molecule has 1 aliphatic carbocycles. The highest BCUT2D eigenvalue weighted by Crippen LogP contribution is 2.31. The third-order valence-electron chi connectivity index (χ3n) is 3.52. The maximum atomic E-state index is 4.54. The minimum atomic E-state index is 0.964. The normalized spacial score (nSPS) is 16.9. The van der Waals surface area contributed by atoms with Crippen LogP contribution in [0.1, 0.15) is 44.0 Å². The van der Waals surface area contributed by atoms with Gasteiger partial charge in [-0.1, -0.05) is 12.8 Å². The molecule has 4 heteroatoms. The molecule has 1 fully saturated rings. The Kier molecular flexibility index (Phi) is 4.97. The van der Waals surface area contributed by atoms with Gasteiger partial charge in [0.2, 0.25) is 0 Å². The number of rotatable bonds is 5. The van der Waals surface area contributed by atoms with Crippen molar-refractivity contribution in [1.82, 2.24) is 9.78 Å². The van der Waals surface area contributed by atoms with Crippen molar-refractivity contribution >= 4 is 27.7 Å². The van der Waals surface area contributed by atoms with Crippen molar-refractivity contribution in [2.24, 2.45) is 5.92 Å². The molecule has 1 heterocycles. The minimum absolute atomic E-state index is 0.964. The van der Waals surface area contributed by atoms with Crippen LogP contribution in [0.15, 0.2) is 4.47 Å². The quantitative estimate of drug-likeness (QED) is 0.801. The SMILES string of the molecule is CCn1nc(C)c(Br)c1CSCC1CCCC1. The third kappa shape index (κ3) is 3.28. The Morgan fingerprint density at radius 3 is 2.76 bits per heavy atom. The number of hydrogen-bond donors (Lipinski definition) is 0. The summed E-state index contributed by atoms with van der Waals surface area (Å²) < 4.78 is 3.33. The molecule has 17 heavy (non-hydrogen) atoms. The highest BCUT2D eigenvalue weighted by Gasteiger charge is 2.16. The maximum Gasteiger partial charge on any atom is 0.0739 e. The van der Waals surface area contributed by atoms with E-state index in [-0.39, 0.29) is 0 Å². The first-order chi connectivity index (χ1) is 8.22. The average Bonchev–Trinajstić information content (AvgIpc) is 2.92. The molecule has 1 aliphatic rings. The second-order valence-corrected chi connectivity index (χ2v) is 6.65. The second-order valence-electron chi connectivity index (χ2n) is 4.83. The summed E-state index contributed by atoms with van der Waals surface area (Å²) in [6.45, 7) is 5.19. The Morgan fingerprint density at radius 1 is 1.41 bits per heavy atom. The van der Waals surface area contributed by atoms with Gasteiger partial charge in [-0.2, -0.15) is 16.9 Å². The number of nitrogens with zero attached hydrogens (tertiary/aromatic N) is 2. The Morgan fingerprint density at radius 2 is 2.12 bits per heavy atom. The van der Waals surface area contributed by atoms with Crippen molar-refractivity contribution in [3.05, 3.63) is 15.9 Å². The van der Waals surface area contributed by atoms with Gasteiger partial charge in [-0.15, -0.1) is 0 Å². The van der Waals surface area contributed by atoms with E-state index in [4.69, 9.17) is 0 Å². The number of aromatic nitrogens is 2. The largest absolute Gasteiger partial charge is 0.268 e. The van der Waals surface area contributed by atoms with E-state index in [1.165, 1.54) is 41.6 Å². The van der Waals surface area contributed by atoms with Crippen molar-refractivity contribution in [2.75, 3.05) is 5.75 Å². The number of hydrogen-bond acceptors (Lipinski definition) is 2. The molecule has 0 atom stereocenters. The van der Waals surface area contributed by atoms with Crippen molar-refractivity contribution in [3.63, 3.8) is 0 Å². The zero-order valence-electron chi connectivity index (χ0n) is 10.7. The smallest absolute Gasteiger partial charge is 0.0739 e. The first-order valence-corrected chi connectivity index (χ1v) is 8.46. The summed E-state index contributed by atoms with van der Waals surface area (Å²) in [5.41, 5.74) is 2.47. The maximum absolute atomic E-state index is 4.54. The molecule has 0 unspecified atom stereocenters. The Hall–Kier alpha value is 0.0400. The van der Waals surface area contributed by atoms with Gasteiger partial charge < -0.3 is 0 Å². The minimum Gasteiger partial charge on any atom is -0.268 e. The van der Waals surface area contributed by atoms with Crippen LogP contribution in [-0.2, 0) is 12.3 Å². The summed E-state index contributed by atoms with van der Waals surface area (Å²) in [6, 6.07) is 0. The fourth-order valence-corrected chi connectivity index (χ4v) is 4.39. The predicted molar refractivity (Wildman–Crippen MR) is 78.5 cm³/mol. The molecule has 0 aromatic carbocycles. The van der Waals surface area contributed by atoms with Crippen LogP contribution in [0.25, 0.3) is 0 Å². The predicted octanol–water partition coefficient (Wildman–Crippen LogP) is 4.40. The fourth-order valence-electron chi connectivity index (χ4n) is 2.51. The summed E-state index contributed by atoms with van der Waals surface area (Å²) in [6.07, 6.45) is 5.78. The monoisotopic (exact) mass is 316 g/mol. The topological polar surface area (TPSA) is 17.8 Å². The molecule has 0 aliphatic heterocycles. The van der Waals surface area contributed by atoms with Gasteiger partial charge in [0.05, 0.1) is 15.9 Å². The van der Waals surface area contributed by atoms with Crippen molar-refractivity contribution in [2.45, 2.75) is 51.8 Å². The summed E-state index contributed by atoms with van der Waals surface area (Å²) in [7, 11) is 0. The van der Waals surface area contributed by atoms with Crippen LogP contribution in [0.5, 0.6) is 0 Å². The van der Waals surface area contributed by atoms with Crippen LogP contribution in [0.3, 0.4) is 0 Å². The van der Waals surface area contributed by atoms with Crippen LogP contribution >= 0.6 is 27.7 Å². The first-order valence-electron chi connectivity index (χ1n) is 6.52. The second kappa shape index (κ2) is 6.28. The lowest BCUT2D eigenvalue weighted by Crippen LogP contribution is -2.03. The van der Waals surface area contributed by atoms with Gasteiger partial charge in [-0.3, -0.25) is 4.68 Å². The third-order valence-corrected chi connectivity index (χ3v) is 5.74. The molecular formula is C13H21BrN2S. The van der Waals surface area contributed by atoms with Gasteiger partial charge in [-0.25, -0.2) is 0 Å². The Balaban J connectivity index is 1.89. The molecule has 0 amide bonds. The standard InChI is InChI=1S/C13H21BrN2S/c1-3-16-12(13(14)10(2)15-16)9-17-8-11-6-4-5-7-11/h11H,3-9H2,1-2H3. The van der Waals surface area contributed by atoms with Gasteiger partial charge in [0.15, 0.2) is 0 Å². The van der Waals surface area contributed by atoms with E-state index >= 15 is 0 Å². The first kappa shape index (κ1) is 13.5. The van der Waals surface area contributed by atoms with E-state index in [1.807, 2.05) is 0 Å². The lowest BCUT2D eigenvalue weighted by molar-refractivity contribution is 0.619. The van der Waals surface area contributed by atoms with Gasteiger partial charge in [0.25, 0.3) is 0 Å². The zero-order valence-corrected chi connectivity index (χ0v) is 13.1. The summed E-state index contributed by atoms with van der Waals surface area (Å²) in [5.74, 6) is 3.38. The highest BCUT2D eigenvalue weighted by atomic mass is 79.9. The molecule has 0 N–H and O–H groups in total. The number of thioether (sulfide) groups is 1. The van der Waals surface area contributed by atoms with E-state index in [0.717, 1.165) is 23.9 Å². The number of halogens is 1. The molecular weight excluding hydrogens is 296 g/mol. The summed E-state index contributed by atoms with van der Waals surface area (Å²) >= 11 is 5.73. The van der Waals surface area contributed by atoms with Crippen LogP contribution in [0.4, 0.5) is 0 Å². The molecule has 0 saturated heterocycles. The molecule has 1 aromatic heterocycles. The van der Waals surface area contributed by atoms with Crippen molar-refractivity contribution < 1.29 is 0 Å². The molecule has 2 rings (SSSR count). The molecule has 2 nitrogen and oxygen atoms in total. The van der Waals surface area contributed by atoms with E-state index in [0.29, 0.717) is 0 Å². The zero-order chi connectivity index (χ0) is 12.3. The van der Waals surface area contributed by atoms with Crippen LogP contribution in [0.2, 0.25) is 0 Å². The molecule has 1 aromatic rings. The molecule has 1 saturated carbocycles. The average molecular weight is 317 g/mol. The van der Waals surface area contributed by atoms with E-state index in [1.54, 1.807) is 0 Å². The highest BCUT2D eigenvalue weighted by molar-refractivity contribution is 9.10. The van der Waals surface area contributed by atoms with E-state index in [2.05, 4.69) is 51.3 Å². The molecule has 0 spiro atoms. The van der Waals surface area contributed by atoms with Crippen LogP contribution in [0, 0.1) is 12.8 Å². The Labute approximate surface area is 117 Å². The van der Waals surface area contributed by atoms with Crippen molar-refractivity contribution in [3.8, 4) is 0 Å². The Bertz CT molecular complexity index is 370. The number of aryl methyl sites for hydroxylation is 2. The van der Waals surface area contributed by atoms with E-state index < -0.39 is 0 Å². The molecule has 0 radical (unpaired) electrons.